The molecule has 1 aliphatic carbocycles. The SMILES string of the molecule is O=C1NS(=O)(=O)CCCCC[C@H](NO)[C@@H]2CC[C@H]2CN2CCCCc3cc(Cl)ccc3COc3ccc1cc32. The first-order valence-electron chi connectivity index (χ1n) is 14.1. The summed E-state index contributed by atoms with van der Waals surface area (Å²) in [4.78, 5) is 15.3. The molecular weight excluding hydrogens is 538 g/mol. The van der Waals surface area contributed by atoms with E-state index in [4.69, 9.17) is 16.3 Å². The minimum absolute atomic E-state index is 0.0156. The van der Waals surface area contributed by atoms with Crippen molar-refractivity contribution in [2.24, 2.45) is 11.8 Å². The Kier molecular flexibility index (Phi) is 9.01. The molecule has 2 heterocycles. The van der Waals surface area contributed by atoms with E-state index in [2.05, 4.69) is 15.1 Å². The number of anilines is 1. The average molecular weight is 576 g/mol. The number of rotatable bonds is 1. The lowest BCUT2D eigenvalue weighted by Crippen LogP contribution is -2.48. The van der Waals surface area contributed by atoms with Gasteiger partial charge in [-0.3, -0.25) is 4.79 Å². The fourth-order valence-corrected chi connectivity index (χ4v) is 7.45. The summed E-state index contributed by atoms with van der Waals surface area (Å²) in [5, 5.41) is 10.7. The van der Waals surface area contributed by atoms with Gasteiger partial charge in [-0.05, 0) is 98.2 Å². The number of hydroxylamine groups is 1. The number of halogens is 1. The Morgan fingerprint density at radius 2 is 1.87 bits per heavy atom. The molecule has 2 bridgehead atoms. The monoisotopic (exact) mass is 575 g/mol. The Morgan fingerprint density at radius 3 is 2.67 bits per heavy atom. The maximum Gasteiger partial charge on any atom is 0.264 e. The van der Waals surface area contributed by atoms with E-state index in [1.165, 1.54) is 5.56 Å². The third kappa shape index (κ3) is 6.88. The van der Waals surface area contributed by atoms with E-state index in [9.17, 15) is 18.4 Å². The van der Waals surface area contributed by atoms with Crippen molar-refractivity contribution in [1.82, 2.24) is 10.2 Å². The summed E-state index contributed by atoms with van der Waals surface area (Å²) in [6, 6.07) is 11.0. The second-order valence-electron chi connectivity index (χ2n) is 11.1. The van der Waals surface area contributed by atoms with Gasteiger partial charge in [0.05, 0.1) is 11.4 Å². The highest BCUT2D eigenvalue weighted by atomic mass is 35.5. The number of nitrogens with one attached hydrogen (secondary N) is 2. The predicted molar refractivity (Wildman–Crippen MR) is 152 cm³/mol. The lowest BCUT2D eigenvalue weighted by atomic mass is 9.68. The van der Waals surface area contributed by atoms with Gasteiger partial charge in [-0.2, -0.15) is 0 Å². The second kappa shape index (κ2) is 12.5. The van der Waals surface area contributed by atoms with Crippen LogP contribution in [0.25, 0.3) is 0 Å². The summed E-state index contributed by atoms with van der Waals surface area (Å²) in [6.45, 7) is 1.92. The third-order valence-corrected chi connectivity index (χ3v) is 10.1. The number of aryl methyl sites for hydroxylation is 1. The maximum absolute atomic E-state index is 13.0. The molecule has 3 aliphatic rings. The number of benzene rings is 2. The van der Waals surface area contributed by atoms with Crippen LogP contribution in [-0.2, 0) is 23.1 Å². The van der Waals surface area contributed by atoms with Crippen LogP contribution in [0.2, 0.25) is 5.02 Å². The molecule has 2 aromatic rings. The molecule has 1 amide bonds. The van der Waals surface area contributed by atoms with Crippen LogP contribution in [0.1, 0.15) is 72.9 Å². The van der Waals surface area contributed by atoms with E-state index in [1.54, 1.807) is 18.2 Å². The number of hydrogen-bond donors (Lipinski definition) is 3. The highest BCUT2D eigenvalue weighted by molar-refractivity contribution is 7.90. The Morgan fingerprint density at radius 1 is 1.00 bits per heavy atom. The van der Waals surface area contributed by atoms with Gasteiger partial charge in [-0.15, -0.1) is 0 Å². The van der Waals surface area contributed by atoms with Crippen molar-refractivity contribution in [2.75, 3.05) is 23.7 Å². The largest absolute Gasteiger partial charge is 0.487 e. The predicted octanol–water partition coefficient (Wildman–Crippen LogP) is 5.07. The first-order valence-corrected chi connectivity index (χ1v) is 16.1. The van der Waals surface area contributed by atoms with Crippen LogP contribution in [-0.4, -0.2) is 44.4 Å². The molecule has 0 spiro atoms. The Bertz CT molecular complexity index is 1290. The van der Waals surface area contributed by atoms with Gasteiger partial charge in [0, 0.05) is 29.7 Å². The van der Waals surface area contributed by atoms with Gasteiger partial charge < -0.3 is 14.8 Å². The summed E-state index contributed by atoms with van der Waals surface area (Å²) >= 11 is 6.29. The topological polar surface area (TPSA) is 108 Å². The van der Waals surface area contributed by atoms with Gasteiger partial charge in [0.2, 0.25) is 10.0 Å². The zero-order valence-corrected chi connectivity index (χ0v) is 23.8. The molecule has 3 atom stereocenters. The Balaban J connectivity index is 1.51. The van der Waals surface area contributed by atoms with Crippen LogP contribution in [0, 0.1) is 11.8 Å². The van der Waals surface area contributed by atoms with Crippen LogP contribution in [0.15, 0.2) is 36.4 Å². The van der Waals surface area contributed by atoms with E-state index in [1.807, 2.05) is 18.2 Å². The van der Waals surface area contributed by atoms with E-state index >= 15 is 0 Å². The van der Waals surface area contributed by atoms with E-state index in [-0.39, 0.29) is 11.8 Å². The van der Waals surface area contributed by atoms with Crippen LogP contribution in [0.4, 0.5) is 5.69 Å². The van der Waals surface area contributed by atoms with Gasteiger partial charge in [-0.1, -0.05) is 30.5 Å². The normalized spacial score (nSPS) is 26.1. The fraction of sp³-hybridized carbons (Fsp3) is 0.552. The zero-order chi connectivity index (χ0) is 27.4. The van der Waals surface area contributed by atoms with Crippen molar-refractivity contribution in [3.8, 4) is 5.75 Å². The van der Waals surface area contributed by atoms with E-state index in [0.29, 0.717) is 41.2 Å². The molecule has 2 aromatic carbocycles. The summed E-state index contributed by atoms with van der Waals surface area (Å²) in [6.07, 6.45) is 7.74. The highest BCUT2D eigenvalue weighted by Crippen LogP contribution is 2.41. The third-order valence-electron chi connectivity index (χ3n) is 8.53. The lowest BCUT2D eigenvalue weighted by molar-refractivity contribution is 0.0318. The number of ether oxygens (including phenoxy) is 1. The highest BCUT2D eigenvalue weighted by Gasteiger charge is 2.38. The standard InChI is InChI=1S/C29H38ClN3O5S/c30-24-11-8-23-19-38-28-13-10-21-17-27(28)33(14-4-3-6-20(23)16-24)18-22-9-12-25(22)26(31-35)7-2-1-5-15-39(36,37)32-29(21)34/h8,10-11,13,16-17,22,25-26,31,35H,1-7,9,12,14-15,18-19H2,(H,32,34)/t22-,25+,26-/m0/s1. The van der Waals surface area contributed by atoms with Gasteiger partial charge >= 0.3 is 0 Å². The number of nitrogens with zero attached hydrogens (tertiary/aromatic N) is 1. The number of hydrogen-bond acceptors (Lipinski definition) is 7. The van der Waals surface area contributed by atoms with Crippen LogP contribution in [0.5, 0.6) is 5.75 Å². The molecule has 2 aliphatic heterocycles. The maximum atomic E-state index is 13.0. The summed E-state index contributed by atoms with van der Waals surface area (Å²) in [7, 11) is -3.76. The fourth-order valence-electron chi connectivity index (χ4n) is 6.17. The molecule has 0 radical (unpaired) electrons. The molecule has 212 valence electrons. The number of carbonyl (C=O) groups excluding carboxylic acids is 1. The number of amides is 1. The quantitative estimate of drug-likeness (QED) is 0.407. The molecule has 39 heavy (non-hydrogen) atoms. The average Bonchev–Trinajstić information content (AvgIpc) is 2.92. The Hall–Kier alpha value is -2.33. The van der Waals surface area contributed by atoms with E-state index in [0.717, 1.165) is 75.7 Å². The number of fused-ring (bicyclic) bond motifs is 3. The van der Waals surface area contributed by atoms with Gasteiger partial charge in [0.25, 0.3) is 5.91 Å². The first kappa shape index (κ1) is 28.2. The molecule has 1 fully saturated rings. The molecule has 5 rings (SSSR count). The molecular formula is C29H38ClN3O5S. The molecule has 3 N–H and O–H groups in total. The van der Waals surface area contributed by atoms with E-state index < -0.39 is 15.9 Å². The molecule has 10 heteroatoms. The second-order valence-corrected chi connectivity index (χ2v) is 13.4. The van der Waals surface area contributed by atoms with Crippen molar-refractivity contribution >= 4 is 33.2 Å². The van der Waals surface area contributed by atoms with Gasteiger partial charge in [-0.25, -0.2) is 18.6 Å². The summed E-state index contributed by atoms with van der Waals surface area (Å²) in [5.41, 5.74) is 5.91. The smallest absolute Gasteiger partial charge is 0.264 e. The summed E-state index contributed by atoms with van der Waals surface area (Å²) in [5.74, 6) is 0.670. The minimum atomic E-state index is -3.76. The molecule has 0 unspecified atom stereocenters. The summed E-state index contributed by atoms with van der Waals surface area (Å²) < 4.78 is 33.9. The van der Waals surface area contributed by atoms with Crippen LogP contribution in [0.3, 0.4) is 0 Å². The number of sulfonamides is 1. The van der Waals surface area contributed by atoms with Gasteiger partial charge in [0.15, 0.2) is 0 Å². The number of carbonyl (C=O) groups is 1. The molecule has 8 nitrogen and oxygen atoms in total. The van der Waals surface area contributed by atoms with Gasteiger partial charge in [0.1, 0.15) is 12.4 Å². The van der Waals surface area contributed by atoms with Crippen LogP contribution < -0.4 is 19.8 Å². The van der Waals surface area contributed by atoms with Crippen molar-refractivity contribution in [3.63, 3.8) is 0 Å². The zero-order valence-electron chi connectivity index (χ0n) is 22.2. The van der Waals surface area contributed by atoms with Crippen LogP contribution >= 0.6 is 11.6 Å². The Labute approximate surface area is 236 Å². The van der Waals surface area contributed by atoms with Crippen molar-refractivity contribution in [2.45, 2.75) is 70.4 Å². The van der Waals surface area contributed by atoms with Crippen molar-refractivity contribution < 1.29 is 23.2 Å². The molecule has 1 saturated carbocycles. The minimum Gasteiger partial charge on any atom is -0.487 e. The first-order chi connectivity index (χ1) is 18.8. The molecule has 0 aromatic heterocycles. The van der Waals surface area contributed by atoms with Crippen molar-refractivity contribution in [1.29, 1.82) is 0 Å². The van der Waals surface area contributed by atoms with Crippen molar-refractivity contribution in [3.05, 3.63) is 58.1 Å². The lowest BCUT2D eigenvalue weighted by Gasteiger charge is -2.44. The molecule has 0 saturated heterocycles.